The van der Waals surface area contributed by atoms with Gasteiger partial charge in [0, 0.05) is 31.9 Å². The number of sulfonamides is 1. The summed E-state index contributed by atoms with van der Waals surface area (Å²) in [6.45, 7) is 11.5. The molecule has 1 amide bonds. The molecule has 0 radical (unpaired) electrons. The van der Waals surface area contributed by atoms with Crippen LogP contribution in [0.5, 0.6) is 0 Å². The molecule has 162 valence electrons. The van der Waals surface area contributed by atoms with E-state index in [1.54, 1.807) is 12.1 Å². The van der Waals surface area contributed by atoms with Crippen LogP contribution in [0.2, 0.25) is 0 Å². The molecule has 0 spiro atoms. The number of rotatable bonds is 5. The van der Waals surface area contributed by atoms with Gasteiger partial charge in [-0.3, -0.25) is 9.69 Å². The number of benzene rings is 2. The van der Waals surface area contributed by atoms with Gasteiger partial charge in [-0.15, -0.1) is 0 Å². The number of carbonyl (C=O) groups is 1. The Bertz CT molecular complexity index is 1020. The van der Waals surface area contributed by atoms with Crippen molar-refractivity contribution in [2.75, 3.05) is 31.5 Å². The van der Waals surface area contributed by atoms with Crippen LogP contribution in [-0.4, -0.2) is 55.8 Å². The van der Waals surface area contributed by atoms with Crippen LogP contribution < -0.4 is 5.32 Å². The first kappa shape index (κ1) is 22.5. The summed E-state index contributed by atoms with van der Waals surface area (Å²) in [7, 11) is -3.52. The van der Waals surface area contributed by atoms with Crippen molar-refractivity contribution in [1.82, 2.24) is 9.21 Å². The first-order valence-electron chi connectivity index (χ1n) is 10.3. The van der Waals surface area contributed by atoms with Crippen molar-refractivity contribution in [3.05, 3.63) is 58.7 Å². The highest BCUT2D eigenvalue weighted by Crippen LogP contribution is 2.22. The monoisotopic (exact) mass is 429 g/mol. The van der Waals surface area contributed by atoms with Crippen LogP contribution in [0.15, 0.2) is 41.3 Å². The lowest BCUT2D eigenvalue weighted by molar-refractivity contribution is -0.121. The molecule has 1 atom stereocenters. The first-order chi connectivity index (χ1) is 14.1. The lowest BCUT2D eigenvalue weighted by Crippen LogP contribution is -2.54. The fraction of sp³-hybridized carbons (Fsp3) is 0.435. The van der Waals surface area contributed by atoms with Crippen molar-refractivity contribution in [2.45, 2.75) is 45.6 Å². The lowest BCUT2D eigenvalue weighted by Gasteiger charge is -2.36. The predicted octanol–water partition coefficient (Wildman–Crippen LogP) is 3.25. The maximum Gasteiger partial charge on any atom is 0.243 e. The van der Waals surface area contributed by atoms with Crippen molar-refractivity contribution < 1.29 is 13.2 Å². The van der Waals surface area contributed by atoms with Gasteiger partial charge in [-0.2, -0.15) is 4.31 Å². The fourth-order valence-electron chi connectivity index (χ4n) is 3.76. The topological polar surface area (TPSA) is 69.7 Å². The van der Waals surface area contributed by atoms with E-state index < -0.39 is 10.0 Å². The predicted molar refractivity (Wildman–Crippen MR) is 120 cm³/mol. The van der Waals surface area contributed by atoms with E-state index in [1.165, 1.54) is 4.31 Å². The first-order valence-corrected chi connectivity index (χ1v) is 11.7. The number of hydrogen-bond acceptors (Lipinski definition) is 4. The summed E-state index contributed by atoms with van der Waals surface area (Å²) >= 11 is 0. The van der Waals surface area contributed by atoms with Crippen LogP contribution in [0, 0.1) is 27.7 Å². The Kier molecular flexibility index (Phi) is 6.65. The van der Waals surface area contributed by atoms with Crippen molar-refractivity contribution in [2.24, 2.45) is 0 Å². The Morgan fingerprint density at radius 3 is 2.07 bits per heavy atom. The number of para-hydroxylation sites is 1. The summed E-state index contributed by atoms with van der Waals surface area (Å²) in [5.74, 6) is -0.0714. The summed E-state index contributed by atoms with van der Waals surface area (Å²) in [6.07, 6.45) is 0. The SMILES string of the molecule is Cc1ccc(S(=O)(=O)N2CCN([C@@H](C)C(=O)Nc3c(C)cccc3C)CC2)cc1C. The highest BCUT2D eigenvalue weighted by atomic mass is 32.2. The van der Waals surface area contributed by atoms with Gasteiger partial charge in [0.15, 0.2) is 0 Å². The van der Waals surface area contributed by atoms with Crippen molar-refractivity contribution in [1.29, 1.82) is 0 Å². The van der Waals surface area contributed by atoms with E-state index in [1.807, 2.05) is 63.8 Å². The second-order valence-corrected chi connectivity index (χ2v) is 10.1. The third kappa shape index (κ3) is 4.58. The van der Waals surface area contributed by atoms with E-state index >= 15 is 0 Å². The zero-order chi connectivity index (χ0) is 22.1. The van der Waals surface area contributed by atoms with Crippen LogP contribution in [0.1, 0.15) is 29.2 Å². The van der Waals surface area contributed by atoms with Gasteiger partial charge in [-0.1, -0.05) is 24.3 Å². The van der Waals surface area contributed by atoms with Gasteiger partial charge in [0.2, 0.25) is 15.9 Å². The molecule has 1 aliphatic rings. The molecule has 30 heavy (non-hydrogen) atoms. The zero-order valence-electron chi connectivity index (χ0n) is 18.4. The number of aryl methyl sites for hydroxylation is 4. The number of nitrogens with one attached hydrogen (secondary N) is 1. The molecule has 1 saturated heterocycles. The minimum atomic E-state index is -3.52. The normalized spacial score (nSPS) is 17.0. The van der Waals surface area contributed by atoms with Crippen molar-refractivity contribution >= 4 is 21.6 Å². The van der Waals surface area contributed by atoms with Crippen molar-refractivity contribution in [3.63, 3.8) is 0 Å². The molecule has 1 fully saturated rings. The summed E-state index contributed by atoms with van der Waals surface area (Å²) in [6, 6.07) is 10.8. The van der Waals surface area contributed by atoms with Gasteiger partial charge < -0.3 is 5.32 Å². The Labute approximate surface area is 179 Å². The molecular weight excluding hydrogens is 398 g/mol. The zero-order valence-corrected chi connectivity index (χ0v) is 19.2. The molecular formula is C23H31N3O3S. The van der Waals surface area contributed by atoms with E-state index in [-0.39, 0.29) is 11.9 Å². The maximum atomic E-state index is 13.0. The minimum absolute atomic E-state index is 0.0714. The largest absolute Gasteiger partial charge is 0.324 e. The number of nitrogens with zero attached hydrogens (tertiary/aromatic N) is 2. The number of anilines is 1. The quantitative estimate of drug-likeness (QED) is 0.792. The van der Waals surface area contributed by atoms with Gasteiger partial charge in [0.05, 0.1) is 10.9 Å². The van der Waals surface area contributed by atoms with Crippen LogP contribution >= 0.6 is 0 Å². The molecule has 0 aliphatic carbocycles. The number of hydrogen-bond donors (Lipinski definition) is 1. The van der Waals surface area contributed by atoms with E-state index in [0.717, 1.165) is 27.9 Å². The van der Waals surface area contributed by atoms with Crippen molar-refractivity contribution in [3.8, 4) is 0 Å². The molecule has 0 aromatic heterocycles. The molecule has 0 unspecified atom stereocenters. The molecule has 7 heteroatoms. The number of piperazine rings is 1. The third-order valence-electron chi connectivity index (χ3n) is 6.05. The highest BCUT2D eigenvalue weighted by molar-refractivity contribution is 7.89. The van der Waals surface area contributed by atoms with Gasteiger partial charge in [-0.05, 0) is 69.0 Å². The second kappa shape index (κ2) is 8.88. The average molecular weight is 430 g/mol. The Morgan fingerprint density at radius 1 is 0.900 bits per heavy atom. The molecule has 3 rings (SSSR count). The molecule has 1 N–H and O–H groups in total. The summed E-state index contributed by atoms with van der Waals surface area (Å²) < 4.78 is 27.5. The van der Waals surface area contributed by atoms with Crippen LogP contribution in [0.3, 0.4) is 0 Å². The summed E-state index contributed by atoms with van der Waals surface area (Å²) in [5.41, 5.74) is 4.94. The highest BCUT2D eigenvalue weighted by Gasteiger charge is 2.32. The Morgan fingerprint density at radius 2 is 1.50 bits per heavy atom. The van der Waals surface area contributed by atoms with E-state index in [0.29, 0.717) is 31.1 Å². The Balaban J connectivity index is 1.64. The van der Waals surface area contributed by atoms with Gasteiger partial charge in [0.1, 0.15) is 0 Å². The molecule has 2 aromatic carbocycles. The van der Waals surface area contributed by atoms with Crippen LogP contribution in [0.4, 0.5) is 5.69 Å². The molecule has 6 nitrogen and oxygen atoms in total. The standard InChI is InChI=1S/C23H31N3O3S/c1-16-9-10-21(15-19(16)4)30(28,29)26-13-11-25(12-14-26)20(5)23(27)24-22-17(2)7-6-8-18(22)3/h6-10,15,20H,11-14H2,1-5H3,(H,24,27)/t20-/m0/s1. The van der Waals surface area contributed by atoms with Crippen LogP contribution in [0.25, 0.3) is 0 Å². The number of carbonyl (C=O) groups excluding carboxylic acids is 1. The summed E-state index contributed by atoms with van der Waals surface area (Å²) in [4.78, 5) is 15.2. The maximum absolute atomic E-state index is 13.0. The van der Waals surface area contributed by atoms with Crippen LogP contribution in [-0.2, 0) is 14.8 Å². The summed E-state index contributed by atoms with van der Waals surface area (Å²) in [5, 5.41) is 3.04. The Hall–Kier alpha value is -2.22. The molecule has 0 bridgehead atoms. The van der Waals surface area contributed by atoms with E-state index in [9.17, 15) is 13.2 Å². The molecule has 0 saturated carbocycles. The molecule has 2 aromatic rings. The fourth-order valence-corrected chi connectivity index (χ4v) is 5.27. The molecule has 1 aliphatic heterocycles. The third-order valence-corrected chi connectivity index (χ3v) is 7.94. The smallest absolute Gasteiger partial charge is 0.243 e. The van der Waals surface area contributed by atoms with Gasteiger partial charge >= 0.3 is 0 Å². The minimum Gasteiger partial charge on any atom is -0.324 e. The van der Waals surface area contributed by atoms with Gasteiger partial charge in [-0.25, -0.2) is 8.42 Å². The van der Waals surface area contributed by atoms with Gasteiger partial charge in [0.25, 0.3) is 0 Å². The molecule has 1 heterocycles. The average Bonchev–Trinajstić information content (AvgIpc) is 2.72. The second-order valence-electron chi connectivity index (χ2n) is 8.12. The lowest BCUT2D eigenvalue weighted by atomic mass is 10.1. The van der Waals surface area contributed by atoms with E-state index in [2.05, 4.69) is 5.32 Å². The van der Waals surface area contributed by atoms with E-state index in [4.69, 9.17) is 0 Å². The number of amides is 1.